The Morgan fingerprint density at radius 2 is 2.19 bits per heavy atom. The van der Waals surface area contributed by atoms with E-state index in [2.05, 4.69) is 14.9 Å². The molecule has 0 saturated carbocycles. The molecule has 0 amide bonds. The van der Waals surface area contributed by atoms with Gasteiger partial charge in [0.25, 0.3) is 0 Å². The average Bonchev–Trinajstić information content (AvgIpc) is 2.78. The van der Waals surface area contributed by atoms with Crippen molar-refractivity contribution in [2.45, 2.75) is 0 Å². The monoisotopic (exact) mass is 217 g/mol. The molecule has 0 fully saturated rings. The van der Waals surface area contributed by atoms with Gasteiger partial charge in [0.15, 0.2) is 0 Å². The van der Waals surface area contributed by atoms with E-state index in [1.54, 1.807) is 12.1 Å². The number of hydrogen-bond acceptors (Lipinski definition) is 4. The minimum atomic E-state index is -0.451. The Hall–Kier alpha value is -2.30. The van der Waals surface area contributed by atoms with Crippen LogP contribution in [-0.4, -0.2) is 23.3 Å². The van der Waals surface area contributed by atoms with E-state index in [4.69, 9.17) is 5.73 Å². The number of carbonyl (C=O) groups excluding carboxylic acids is 1. The van der Waals surface area contributed by atoms with Crippen molar-refractivity contribution in [2.24, 2.45) is 0 Å². The molecule has 0 aliphatic rings. The molecule has 1 aromatic heterocycles. The number of methoxy groups -OCH3 is 1. The second-order valence-electron chi connectivity index (χ2n) is 3.25. The van der Waals surface area contributed by atoms with Crippen LogP contribution in [0.1, 0.15) is 10.5 Å². The van der Waals surface area contributed by atoms with Crippen LogP contribution in [0.2, 0.25) is 0 Å². The summed E-state index contributed by atoms with van der Waals surface area (Å²) in [4.78, 5) is 11.2. The van der Waals surface area contributed by atoms with Crippen molar-refractivity contribution in [3.05, 3.63) is 36.0 Å². The summed E-state index contributed by atoms with van der Waals surface area (Å²) < 4.78 is 4.57. The van der Waals surface area contributed by atoms with Gasteiger partial charge in [-0.25, -0.2) is 4.79 Å². The number of H-pyrrole nitrogens is 1. The van der Waals surface area contributed by atoms with E-state index in [9.17, 15) is 4.79 Å². The third kappa shape index (κ3) is 1.75. The van der Waals surface area contributed by atoms with Gasteiger partial charge in [-0.05, 0) is 12.1 Å². The number of hydrogen-bond donors (Lipinski definition) is 2. The highest BCUT2D eigenvalue weighted by Gasteiger charge is 2.11. The Morgan fingerprint density at radius 3 is 2.88 bits per heavy atom. The number of rotatable bonds is 2. The van der Waals surface area contributed by atoms with E-state index in [-0.39, 0.29) is 0 Å². The largest absolute Gasteiger partial charge is 0.464 e. The maximum absolute atomic E-state index is 11.2. The molecule has 0 spiro atoms. The molecule has 0 atom stereocenters. The van der Waals surface area contributed by atoms with Crippen molar-refractivity contribution in [1.29, 1.82) is 0 Å². The minimum absolute atomic E-state index is 0.306. The smallest absolute Gasteiger partial charge is 0.356 e. The lowest BCUT2D eigenvalue weighted by Crippen LogP contribution is -2.00. The third-order valence-electron chi connectivity index (χ3n) is 2.22. The van der Waals surface area contributed by atoms with Crippen LogP contribution < -0.4 is 5.73 Å². The van der Waals surface area contributed by atoms with Crippen LogP contribution in [0.4, 0.5) is 5.69 Å². The molecule has 0 radical (unpaired) electrons. The summed E-state index contributed by atoms with van der Waals surface area (Å²) in [6, 6.07) is 8.93. The van der Waals surface area contributed by atoms with Gasteiger partial charge in [0.2, 0.25) is 0 Å². The summed E-state index contributed by atoms with van der Waals surface area (Å²) in [5.41, 5.74) is 8.13. The van der Waals surface area contributed by atoms with Gasteiger partial charge in [-0.15, -0.1) is 0 Å². The van der Waals surface area contributed by atoms with Crippen LogP contribution >= 0.6 is 0 Å². The number of nitrogens with two attached hydrogens (primary N) is 1. The maximum Gasteiger partial charge on any atom is 0.356 e. The molecule has 1 heterocycles. The summed E-state index contributed by atoms with van der Waals surface area (Å²) in [5, 5.41) is 6.61. The molecule has 5 nitrogen and oxygen atoms in total. The van der Waals surface area contributed by atoms with Gasteiger partial charge in [-0.1, -0.05) is 18.2 Å². The molecule has 2 rings (SSSR count). The van der Waals surface area contributed by atoms with Crippen molar-refractivity contribution in [3.8, 4) is 11.3 Å². The minimum Gasteiger partial charge on any atom is -0.464 e. The highest BCUT2D eigenvalue weighted by atomic mass is 16.5. The van der Waals surface area contributed by atoms with E-state index in [1.807, 2.05) is 18.2 Å². The first-order valence-electron chi connectivity index (χ1n) is 4.71. The first-order valence-corrected chi connectivity index (χ1v) is 4.71. The van der Waals surface area contributed by atoms with Crippen molar-refractivity contribution in [3.63, 3.8) is 0 Å². The number of aromatic nitrogens is 2. The molecule has 0 aliphatic carbocycles. The molecule has 2 aromatic rings. The van der Waals surface area contributed by atoms with Crippen LogP contribution in [-0.2, 0) is 4.74 Å². The van der Waals surface area contributed by atoms with Gasteiger partial charge in [0, 0.05) is 11.3 Å². The number of esters is 1. The van der Waals surface area contributed by atoms with E-state index < -0.39 is 5.97 Å². The van der Waals surface area contributed by atoms with Gasteiger partial charge in [-0.3, -0.25) is 5.10 Å². The summed E-state index contributed by atoms with van der Waals surface area (Å²) in [6.45, 7) is 0. The standard InChI is InChI=1S/C11H11N3O2/c1-16-11(15)10-6-9(13-14-10)7-4-2-3-5-8(7)12/h2-6H,12H2,1H3,(H,13,14). The first kappa shape index (κ1) is 10.2. The Morgan fingerprint density at radius 1 is 1.44 bits per heavy atom. The highest BCUT2D eigenvalue weighted by Crippen LogP contribution is 2.23. The van der Waals surface area contributed by atoms with Crippen LogP contribution in [0.3, 0.4) is 0 Å². The Labute approximate surface area is 92.2 Å². The van der Waals surface area contributed by atoms with E-state index in [1.165, 1.54) is 7.11 Å². The number of benzene rings is 1. The Balaban J connectivity index is 2.39. The van der Waals surface area contributed by atoms with Crippen molar-refractivity contribution >= 4 is 11.7 Å². The van der Waals surface area contributed by atoms with Gasteiger partial charge in [0.1, 0.15) is 5.69 Å². The first-order chi connectivity index (χ1) is 7.72. The molecular formula is C11H11N3O2. The van der Waals surface area contributed by atoms with Crippen LogP contribution in [0, 0.1) is 0 Å². The number of nitrogens with one attached hydrogen (secondary N) is 1. The summed E-state index contributed by atoms with van der Waals surface area (Å²) in [6.07, 6.45) is 0. The number of nitrogen functional groups attached to an aromatic ring is 1. The van der Waals surface area contributed by atoms with Crippen LogP contribution in [0.15, 0.2) is 30.3 Å². The SMILES string of the molecule is COC(=O)c1cc(-c2ccccc2N)n[nH]1. The molecule has 0 unspecified atom stereocenters. The summed E-state index contributed by atoms with van der Waals surface area (Å²) in [5.74, 6) is -0.451. The van der Waals surface area contributed by atoms with Crippen LogP contribution in [0.5, 0.6) is 0 Å². The number of aromatic amines is 1. The van der Waals surface area contributed by atoms with Gasteiger partial charge in [-0.2, -0.15) is 5.10 Å². The summed E-state index contributed by atoms with van der Waals surface area (Å²) >= 11 is 0. The number of anilines is 1. The molecular weight excluding hydrogens is 206 g/mol. The lowest BCUT2D eigenvalue weighted by atomic mass is 10.1. The number of carbonyl (C=O) groups is 1. The van der Waals surface area contributed by atoms with E-state index >= 15 is 0 Å². The molecule has 82 valence electrons. The lowest BCUT2D eigenvalue weighted by molar-refractivity contribution is 0.0594. The van der Waals surface area contributed by atoms with Gasteiger partial charge in [0.05, 0.1) is 12.8 Å². The Bertz CT molecular complexity index is 519. The summed E-state index contributed by atoms with van der Waals surface area (Å²) in [7, 11) is 1.32. The molecule has 1 aromatic carbocycles. The molecule has 3 N–H and O–H groups in total. The number of para-hydroxylation sites is 1. The fraction of sp³-hybridized carbons (Fsp3) is 0.0909. The normalized spacial score (nSPS) is 10.1. The topological polar surface area (TPSA) is 81.0 Å². The van der Waals surface area contributed by atoms with Crippen molar-refractivity contribution < 1.29 is 9.53 Å². The third-order valence-corrected chi connectivity index (χ3v) is 2.22. The van der Waals surface area contributed by atoms with Gasteiger partial charge < -0.3 is 10.5 Å². The number of ether oxygens (including phenoxy) is 1. The lowest BCUT2D eigenvalue weighted by Gasteiger charge is -1.99. The fourth-order valence-electron chi connectivity index (χ4n) is 1.40. The molecule has 0 aliphatic heterocycles. The van der Waals surface area contributed by atoms with Crippen LogP contribution in [0.25, 0.3) is 11.3 Å². The van der Waals surface area contributed by atoms with E-state index in [0.29, 0.717) is 17.1 Å². The zero-order chi connectivity index (χ0) is 11.5. The predicted octanol–water partition coefficient (Wildman–Crippen LogP) is 1.45. The second kappa shape index (κ2) is 4.06. The number of nitrogens with zero attached hydrogens (tertiary/aromatic N) is 1. The quantitative estimate of drug-likeness (QED) is 0.589. The fourth-order valence-corrected chi connectivity index (χ4v) is 1.40. The van der Waals surface area contributed by atoms with Crippen molar-refractivity contribution in [2.75, 3.05) is 12.8 Å². The molecule has 0 bridgehead atoms. The zero-order valence-electron chi connectivity index (χ0n) is 8.73. The molecule has 16 heavy (non-hydrogen) atoms. The second-order valence-corrected chi connectivity index (χ2v) is 3.25. The Kier molecular flexibility index (Phi) is 2.59. The molecule has 5 heteroatoms. The maximum atomic E-state index is 11.2. The zero-order valence-corrected chi connectivity index (χ0v) is 8.73. The van der Waals surface area contributed by atoms with E-state index in [0.717, 1.165) is 5.56 Å². The predicted molar refractivity (Wildman–Crippen MR) is 59.8 cm³/mol. The van der Waals surface area contributed by atoms with Gasteiger partial charge >= 0.3 is 5.97 Å². The average molecular weight is 217 g/mol. The molecule has 0 saturated heterocycles. The van der Waals surface area contributed by atoms with Crippen molar-refractivity contribution in [1.82, 2.24) is 10.2 Å². The highest BCUT2D eigenvalue weighted by molar-refractivity contribution is 5.89.